The van der Waals surface area contributed by atoms with Crippen LogP contribution in [0.5, 0.6) is 5.75 Å². The first-order valence-electron chi connectivity index (χ1n) is 7.11. The van der Waals surface area contributed by atoms with Gasteiger partial charge in [-0.15, -0.1) is 0 Å². The van der Waals surface area contributed by atoms with Crippen LogP contribution in [0.4, 0.5) is 4.39 Å². The summed E-state index contributed by atoms with van der Waals surface area (Å²) in [5, 5.41) is 18.5. The number of nitrogens with zero attached hydrogens (tertiary/aromatic N) is 1. The van der Waals surface area contributed by atoms with E-state index in [9.17, 15) is 14.4 Å². The second-order valence-corrected chi connectivity index (χ2v) is 5.45. The molecule has 2 rings (SSSR count). The highest BCUT2D eigenvalue weighted by atomic mass is 19.1. The highest BCUT2D eigenvalue weighted by molar-refractivity contribution is 6.59. The van der Waals surface area contributed by atoms with Crippen molar-refractivity contribution in [2.24, 2.45) is 0 Å². The first-order valence-corrected chi connectivity index (χ1v) is 7.11. The van der Waals surface area contributed by atoms with Crippen LogP contribution in [0.1, 0.15) is 13.8 Å². The molecule has 21 heavy (non-hydrogen) atoms. The minimum Gasteiger partial charge on any atom is -0.491 e. The van der Waals surface area contributed by atoms with Crippen LogP contribution in [0.2, 0.25) is 0 Å². The third-order valence-corrected chi connectivity index (χ3v) is 3.58. The maximum absolute atomic E-state index is 13.1. The fourth-order valence-electron chi connectivity index (χ4n) is 2.35. The second kappa shape index (κ2) is 7.22. The molecule has 1 fully saturated rings. The molecule has 0 saturated carbocycles. The number of morpholine rings is 1. The zero-order chi connectivity index (χ0) is 15.4. The molecule has 0 aromatic heterocycles. The Morgan fingerprint density at radius 2 is 2.24 bits per heavy atom. The molecule has 0 spiro atoms. The average molecular weight is 297 g/mol. The Kier molecular flexibility index (Phi) is 5.58. The van der Waals surface area contributed by atoms with Gasteiger partial charge in [0, 0.05) is 24.6 Å². The third-order valence-electron chi connectivity index (χ3n) is 3.58. The summed E-state index contributed by atoms with van der Waals surface area (Å²) >= 11 is 0. The summed E-state index contributed by atoms with van der Waals surface area (Å²) in [6, 6.07) is 4.12. The Morgan fingerprint density at radius 1 is 1.48 bits per heavy atom. The molecular weight excluding hydrogens is 276 g/mol. The molecule has 1 aliphatic heterocycles. The Hall–Kier alpha value is -1.15. The molecule has 1 aliphatic rings. The molecule has 1 unspecified atom stereocenters. The van der Waals surface area contributed by atoms with E-state index in [1.165, 1.54) is 12.1 Å². The maximum atomic E-state index is 13.1. The summed E-state index contributed by atoms with van der Waals surface area (Å²) in [6.45, 7) is 6.84. The van der Waals surface area contributed by atoms with Crippen molar-refractivity contribution in [2.45, 2.75) is 26.0 Å². The van der Waals surface area contributed by atoms with E-state index in [-0.39, 0.29) is 23.9 Å². The summed E-state index contributed by atoms with van der Waals surface area (Å²) in [6.07, 6.45) is -0.0881. The average Bonchev–Trinajstić information content (AvgIpc) is 2.46. The molecule has 1 heterocycles. The molecule has 1 aromatic rings. The van der Waals surface area contributed by atoms with Gasteiger partial charge in [-0.3, -0.25) is 4.90 Å². The zero-order valence-corrected chi connectivity index (χ0v) is 12.3. The van der Waals surface area contributed by atoms with E-state index in [1.54, 1.807) is 0 Å². The van der Waals surface area contributed by atoms with Gasteiger partial charge in [-0.25, -0.2) is 4.39 Å². The van der Waals surface area contributed by atoms with Gasteiger partial charge in [-0.2, -0.15) is 0 Å². The highest BCUT2D eigenvalue weighted by Gasteiger charge is 2.24. The summed E-state index contributed by atoms with van der Waals surface area (Å²) in [5.74, 6) is -0.276. The van der Waals surface area contributed by atoms with Crippen LogP contribution in [0.15, 0.2) is 18.2 Å². The predicted molar refractivity (Wildman–Crippen MR) is 78.2 cm³/mol. The Balaban J connectivity index is 1.96. The molecule has 0 radical (unpaired) electrons. The molecule has 2 N–H and O–H groups in total. The number of hydrogen-bond donors (Lipinski definition) is 2. The Labute approximate surface area is 124 Å². The Morgan fingerprint density at radius 3 is 2.90 bits per heavy atom. The fourth-order valence-corrected chi connectivity index (χ4v) is 2.35. The van der Waals surface area contributed by atoms with Gasteiger partial charge in [-0.1, -0.05) is 0 Å². The lowest BCUT2D eigenvalue weighted by molar-refractivity contribution is -0.0563. The normalized spacial score (nSPS) is 19.8. The van der Waals surface area contributed by atoms with Crippen molar-refractivity contribution in [1.82, 2.24) is 4.90 Å². The molecule has 116 valence electrons. The molecule has 7 heteroatoms. The van der Waals surface area contributed by atoms with Crippen LogP contribution in [-0.4, -0.2) is 60.5 Å². The topological polar surface area (TPSA) is 62.2 Å². The smallest absolute Gasteiger partial charge is 0.491 e. The zero-order valence-electron chi connectivity index (χ0n) is 12.3. The molecule has 0 bridgehead atoms. The van der Waals surface area contributed by atoms with E-state index in [4.69, 9.17) is 9.47 Å². The van der Waals surface area contributed by atoms with Crippen LogP contribution in [0.25, 0.3) is 0 Å². The lowest BCUT2D eigenvalue weighted by Gasteiger charge is -2.35. The van der Waals surface area contributed by atoms with E-state index < -0.39 is 12.9 Å². The minimum atomic E-state index is -1.77. The quantitative estimate of drug-likeness (QED) is 0.749. The highest BCUT2D eigenvalue weighted by Crippen LogP contribution is 2.13. The van der Waals surface area contributed by atoms with Crippen LogP contribution in [0, 0.1) is 5.82 Å². The molecule has 1 atom stereocenters. The van der Waals surface area contributed by atoms with Crippen molar-refractivity contribution in [3.8, 4) is 5.75 Å². The van der Waals surface area contributed by atoms with Crippen LogP contribution in [-0.2, 0) is 4.74 Å². The second-order valence-electron chi connectivity index (χ2n) is 5.45. The SMILES string of the molecule is CC(C)N1CCOC(COc2ccc(F)cc2B(O)O)C1. The van der Waals surface area contributed by atoms with Gasteiger partial charge in [0.25, 0.3) is 0 Å². The van der Waals surface area contributed by atoms with Crippen molar-refractivity contribution in [3.05, 3.63) is 24.0 Å². The van der Waals surface area contributed by atoms with Gasteiger partial charge >= 0.3 is 7.12 Å². The van der Waals surface area contributed by atoms with Gasteiger partial charge in [0.1, 0.15) is 24.3 Å². The lowest BCUT2D eigenvalue weighted by atomic mass is 9.79. The number of ether oxygens (including phenoxy) is 2. The summed E-state index contributed by atoms with van der Waals surface area (Å²) in [7, 11) is -1.77. The van der Waals surface area contributed by atoms with Gasteiger partial charge in [-0.05, 0) is 32.0 Å². The molecule has 1 aromatic carbocycles. The van der Waals surface area contributed by atoms with Crippen molar-refractivity contribution in [3.63, 3.8) is 0 Å². The lowest BCUT2D eigenvalue weighted by Crippen LogP contribution is -2.48. The monoisotopic (exact) mass is 297 g/mol. The van der Waals surface area contributed by atoms with Crippen molar-refractivity contribution in [1.29, 1.82) is 0 Å². The van der Waals surface area contributed by atoms with Gasteiger partial charge < -0.3 is 19.5 Å². The molecular formula is C14H21BFNO4. The van der Waals surface area contributed by atoms with Gasteiger partial charge in [0.05, 0.1) is 6.61 Å². The first-order chi connectivity index (χ1) is 9.97. The van der Waals surface area contributed by atoms with E-state index in [0.717, 1.165) is 19.2 Å². The van der Waals surface area contributed by atoms with Crippen molar-refractivity contribution < 1.29 is 23.9 Å². The number of halogens is 1. The van der Waals surface area contributed by atoms with Crippen LogP contribution >= 0.6 is 0 Å². The largest absolute Gasteiger partial charge is 0.492 e. The standard InChI is InChI=1S/C14H21BFNO4/c1-10(2)17-5-6-20-12(8-17)9-21-14-4-3-11(16)7-13(14)15(18)19/h3-4,7,10,12,18-19H,5-6,8-9H2,1-2H3. The predicted octanol–water partition coefficient (Wildman–Crippen LogP) is -0.00650. The van der Waals surface area contributed by atoms with Gasteiger partial charge in [0.2, 0.25) is 0 Å². The molecule has 0 amide bonds. The summed E-state index contributed by atoms with van der Waals surface area (Å²) < 4.78 is 24.4. The summed E-state index contributed by atoms with van der Waals surface area (Å²) in [5.41, 5.74) is 0.0199. The van der Waals surface area contributed by atoms with Gasteiger partial charge in [0.15, 0.2) is 0 Å². The number of benzene rings is 1. The van der Waals surface area contributed by atoms with E-state index in [0.29, 0.717) is 12.6 Å². The van der Waals surface area contributed by atoms with Crippen molar-refractivity contribution >= 4 is 12.6 Å². The number of hydrogen-bond acceptors (Lipinski definition) is 5. The molecule has 1 saturated heterocycles. The van der Waals surface area contributed by atoms with E-state index >= 15 is 0 Å². The first kappa shape index (κ1) is 16.2. The minimum absolute atomic E-state index is 0.0199. The number of rotatable bonds is 5. The van der Waals surface area contributed by atoms with E-state index in [1.807, 2.05) is 0 Å². The fraction of sp³-hybridized carbons (Fsp3) is 0.571. The van der Waals surface area contributed by atoms with Crippen LogP contribution in [0.3, 0.4) is 0 Å². The molecule has 5 nitrogen and oxygen atoms in total. The molecule has 0 aliphatic carbocycles. The van der Waals surface area contributed by atoms with Crippen LogP contribution < -0.4 is 10.2 Å². The van der Waals surface area contributed by atoms with Crippen molar-refractivity contribution in [2.75, 3.05) is 26.3 Å². The summed E-state index contributed by atoms with van der Waals surface area (Å²) in [4.78, 5) is 2.30. The maximum Gasteiger partial charge on any atom is 0.492 e. The third kappa shape index (κ3) is 4.41. The Bertz CT molecular complexity index is 472. The van der Waals surface area contributed by atoms with E-state index in [2.05, 4.69) is 18.7 Å².